The zero-order valence-corrected chi connectivity index (χ0v) is 17.0. The first-order valence-electron chi connectivity index (χ1n) is 9.14. The van der Waals surface area contributed by atoms with Crippen LogP contribution >= 0.6 is 11.6 Å². The van der Waals surface area contributed by atoms with Crippen molar-refractivity contribution in [3.8, 4) is 28.5 Å². The number of carbonyl (C=O) groups is 2. The first-order chi connectivity index (χ1) is 14.9. The van der Waals surface area contributed by atoms with E-state index >= 15 is 0 Å². The molecule has 1 aromatic heterocycles. The monoisotopic (exact) mass is 443 g/mol. The highest BCUT2D eigenvalue weighted by molar-refractivity contribution is 6.30. The number of carbonyl (C=O) groups excluding carboxylic acids is 2. The van der Waals surface area contributed by atoms with Crippen molar-refractivity contribution in [2.45, 2.75) is 6.92 Å². The number of rotatable bonds is 7. The molecule has 3 rings (SSSR count). The SMILES string of the molecule is CCN(CNC=O)C(=O)c1cc(-c2cc(F)cc(Cl)c2)c(-c2ccc(F)c(C#N)c2)o1. The fraction of sp³-hybridized carbons (Fsp3) is 0.136. The summed E-state index contributed by atoms with van der Waals surface area (Å²) < 4.78 is 33.6. The lowest BCUT2D eigenvalue weighted by molar-refractivity contribution is -0.109. The Bertz CT molecular complexity index is 1170. The van der Waals surface area contributed by atoms with Gasteiger partial charge in [0.1, 0.15) is 23.5 Å². The first-order valence-corrected chi connectivity index (χ1v) is 9.52. The molecule has 0 spiro atoms. The van der Waals surface area contributed by atoms with Gasteiger partial charge in [-0.25, -0.2) is 8.78 Å². The molecule has 31 heavy (non-hydrogen) atoms. The summed E-state index contributed by atoms with van der Waals surface area (Å²) >= 11 is 5.99. The van der Waals surface area contributed by atoms with Crippen LogP contribution < -0.4 is 5.32 Å². The quantitative estimate of drug-likeness (QED) is 0.427. The van der Waals surface area contributed by atoms with Gasteiger partial charge in [0.15, 0.2) is 5.76 Å². The molecule has 0 bridgehead atoms. The Morgan fingerprint density at radius 2 is 2.00 bits per heavy atom. The summed E-state index contributed by atoms with van der Waals surface area (Å²) in [5.41, 5.74) is 0.774. The third kappa shape index (κ3) is 4.73. The van der Waals surface area contributed by atoms with Gasteiger partial charge in [-0.2, -0.15) is 5.26 Å². The van der Waals surface area contributed by atoms with E-state index in [9.17, 15) is 18.4 Å². The molecule has 0 aliphatic heterocycles. The summed E-state index contributed by atoms with van der Waals surface area (Å²) in [5.74, 6) is -1.76. The lowest BCUT2D eigenvalue weighted by Crippen LogP contribution is -2.38. The van der Waals surface area contributed by atoms with Crippen LogP contribution in [0.15, 0.2) is 46.9 Å². The van der Waals surface area contributed by atoms with E-state index in [4.69, 9.17) is 21.3 Å². The summed E-state index contributed by atoms with van der Waals surface area (Å²) in [6.07, 6.45) is 0.464. The Balaban J connectivity index is 2.17. The van der Waals surface area contributed by atoms with E-state index in [1.807, 2.05) is 0 Å². The molecule has 1 heterocycles. The molecule has 158 valence electrons. The lowest BCUT2D eigenvalue weighted by Gasteiger charge is -2.18. The molecule has 1 N–H and O–H groups in total. The molecule has 6 nitrogen and oxygen atoms in total. The number of benzene rings is 2. The van der Waals surface area contributed by atoms with Crippen LogP contribution in [0, 0.1) is 23.0 Å². The molecule has 3 aromatic rings. The van der Waals surface area contributed by atoms with Gasteiger partial charge in [-0.3, -0.25) is 9.59 Å². The highest BCUT2D eigenvalue weighted by Crippen LogP contribution is 2.37. The van der Waals surface area contributed by atoms with Crippen molar-refractivity contribution < 1.29 is 22.8 Å². The number of furan rings is 1. The number of hydrogen-bond donors (Lipinski definition) is 1. The highest BCUT2D eigenvalue weighted by Gasteiger charge is 2.24. The molecule has 0 saturated carbocycles. The van der Waals surface area contributed by atoms with Gasteiger partial charge in [0, 0.05) is 22.7 Å². The second-order valence-electron chi connectivity index (χ2n) is 6.46. The molecule has 0 unspecified atom stereocenters. The Morgan fingerprint density at radius 1 is 1.23 bits per heavy atom. The van der Waals surface area contributed by atoms with E-state index in [1.165, 1.54) is 35.2 Å². The van der Waals surface area contributed by atoms with Crippen LogP contribution in [0.2, 0.25) is 5.02 Å². The van der Waals surface area contributed by atoms with Crippen LogP contribution in [0.1, 0.15) is 23.0 Å². The van der Waals surface area contributed by atoms with E-state index in [1.54, 1.807) is 13.0 Å². The summed E-state index contributed by atoms with van der Waals surface area (Å²) in [6, 6.07) is 10.8. The maximum absolute atomic E-state index is 14.0. The minimum atomic E-state index is -0.707. The Kier molecular flexibility index (Phi) is 6.68. The topological polar surface area (TPSA) is 86.3 Å². The van der Waals surface area contributed by atoms with Crippen molar-refractivity contribution in [3.63, 3.8) is 0 Å². The predicted octanol–water partition coefficient (Wildman–Crippen LogP) is 4.58. The fourth-order valence-electron chi connectivity index (χ4n) is 3.02. The lowest BCUT2D eigenvalue weighted by atomic mass is 10.0. The second kappa shape index (κ2) is 9.41. The number of hydrogen-bond acceptors (Lipinski definition) is 4. The van der Waals surface area contributed by atoms with Crippen molar-refractivity contribution in [1.29, 1.82) is 5.26 Å². The molecule has 0 fully saturated rings. The Labute approximate surface area is 181 Å². The van der Waals surface area contributed by atoms with Gasteiger partial charge in [0.25, 0.3) is 5.91 Å². The van der Waals surface area contributed by atoms with Gasteiger partial charge in [-0.15, -0.1) is 0 Å². The van der Waals surface area contributed by atoms with Crippen molar-refractivity contribution in [2.24, 2.45) is 0 Å². The normalized spacial score (nSPS) is 10.4. The largest absolute Gasteiger partial charge is 0.450 e. The third-order valence-corrected chi connectivity index (χ3v) is 4.72. The summed E-state index contributed by atoms with van der Waals surface area (Å²) in [5, 5.41) is 11.7. The molecular weight excluding hydrogens is 428 g/mol. The van der Waals surface area contributed by atoms with Gasteiger partial charge < -0.3 is 14.6 Å². The van der Waals surface area contributed by atoms with Crippen LogP contribution in [-0.4, -0.2) is 30.4 Å². The number of halogens is 3. The van der Waals surface area contributed by atoms with Crippen molar-refractivity contribution >= 4 is 23.9 Å². The van der Waals surface area contributed by atoms with E-state index in [0.29, 0.717) is 23.1 Å². The highest BCUT2D eigenvalue weighted by atomic mass is 35.5. The van der Waals surface area contributed by atoms with E-state index in [0.717, 1.165) is 12.1 Å². The van der Waals surface area contributed by atoms with Crippen LogP contribution in [-0.2, 0) is 4.79 Å². The smallest absolute Gasteiger partial charge is 0.291 e. The van der Waals surface area contributed by atoms with Gasteiger partial charge in [0.05, 0.1) is 12.2 Å². The standard InChI is InChI=1S/C22H16ClF2N3O3/c1-2-28(11-27-12-29)22(30)20-9-18(14-6-16(23)8-17(24)7-14)21(31-20)13-3-4-19(25)15(5-13)10-26/h3-9,12H,2,11H2,1H3,(H,27,29). The van der Waals surface area contributed by atoms with Crippen LogP contribution in [0.25, 0.3) is 22.5 Å². The van der Waals surface area contributed by atoms with Gasteiger partial charge >= 0.3 is 0 Å². The summed E-state index contributed by atoms with van der Waals surface area (Å²) in [4.78, 5) is 24.8. The van der Waals surface area contributed by atoms with Crippen LogP contribution in [0.3, 0.4) is 0 Å². The molecule has 2 amide bonds. The number of amides is 2. The number of nitrogens with one attached hydrogen (secondary N) is 1. The van der Waals surface area contributed by atoms with E-state index in [-0.39, 0.29) is 35.3 Å². The average Bonchev–Trinajstić information content (AvgIpc) is 3.19. The maximum atomic E-state index is 14.0. The first kappa shape index (κ1) is 22.0. The Hall–Kier alpha value is -3.70. The maximum Gasteiger partial charge on any atom is 0.291 e. The third-order valence-electron chi connectivity index (χ3n) is 4.50. The van der Waals surface area contributed by atoms with Crippen molar-refractivity contribution in [2.75, 3.05) is 13.2 Å². The zero-order chi connectivity index (χ0) is 22.5. The molecule has 0 radical (unpaired) electrons. The Morgan fingerprint density at radius 3 is 2.65 bits per heavy atom. The van der Waals surface area contributed by atoms with Gasteiger partial charge in [0.2, 0.25) is 6.41 Å². The summed E-state index contributed by atoms with van der Waals surface area (Å²) in [7, 11) is 0. The van der Waals surface area contributed by atoms with Gasteiger partial charge in [-0.1, -0.05) is 11.6 Å². The minimum Gasteiger partial charge on any atom is -0.450 e. The molecule has 0 saturated heterocycles. The minimum absolute atomic E-state index is 0.0366. The van der Waals surface area contributed by atoms with E-state index in [2.05, 4.69) is 5.32 Å². The van der Waals surface area contributed by atoms with Crippen molar-refractivity contribution in [1.82, 2.24) is 10.2 Å². The van der Waals surface area contributed by atoms with Crippen LogP contribution in [0.5, 0.6) is 0 Å². The molecule has 9 heteroatoms. The zero-order valence-electron chi connectivity index (χ0n) is 16.3. The van der Waals surface area contributed by atoms with E-state index < -0.39 is 17.5 Å². The summed E-state index contributed by atoms with van der Waals surface area (Å²) in [6.45, 7) is 1.97. The fourth-order valence-corrected chi connectivity index (χ4v) is 3.24. The molecule has 0 aliphatic carbocycles. The van der Waals surface area contributed by atoms with Crippen LogP contribution in [0.4, 0.5) is 8.78 Å². The number of nitriles is 1. The predicted molar refractivity (Wildman–Crippen MR) is 110 cm³/mol. The molecule has 0 aliphatic rings. The molecule has 0 atom stereocenters. The second-order valence-corrected chi connectivity index (χ2v) is 6.90. The molecular formula is C22H16ClF2N3O3. The molecule has 2 aromatic carbocycles. The number of nitrogens with zero attached hydrogens (tertiary/aromatic N) is 2. The average molecular weight is 444 g/mol. The van der Waals surface area contributed by atoms with Crippen molar-refractivity contribution in [3.05, 3.63) is 70.4 Å². The van der Waals surface area contributed by atoms with Gasteiger partial charge in [-0.05, 0) is 55.0 Å².